The fourth-order valence-electron chi connectivity index (χ4n) is 3.89. The van der Waals surface area contributed by atoms with Gasteiger partial charge in [-0.1, -0.05) is 6.92 Å². The molecule has 1 aromatic carbocycles. The van der Waals surface area contributed by atoms with Crippen molar-refractivity contribution in [2.24, 2.45) is 4.99 Å². The summed E-state index contributed by atoms with van der Waals surface area (Å²) < 4.78 is 13.5. The van der Waals surface area contributed by atoms with Crippen LogP contribution in [0.2, 0.25) is 0 Å². The van der Waals surface area contributed by atoms with Crippen LogP contribution in [0.4, 0.5) is 4.39 Å². The number of nitrogens with zero attached hydrogens (tertiary/aromatic N) is 3. The van der Waals surface area contributed by atoms with Crippen molar-refractivity contribution in [3.63, 3.8) is 0 Å². The first kappa shape index (κ1) is 21.6. The Bertz CT molecular complexity index is 779. The summed E-state index contributed by atoms with van der Waals surface area (Å²) in [5.41, 5.74) is 2.09. The summed E-state index contributed by atoms with van der Waals surface area (Å²) in [4.78, 5) is 12.6. The average Bonchev–Trinajstić information content (AvgIpc) is 3.14. The van der Waals surface area contributed by atoms with Gasteiger partial charge in [-0.15, -0.1) is 0 Å². The second-order valence-electron chi connectivity index (χ2n) is 7.66. The van der Waals surface area contributed by atoms with Crippen LogP contribution in [0.3, 0.4) is 0 Å². The van der Waals surface area contributed by atoms with Gasteiger partial charge in [0, 0.05) is 63.4 Å². The van der Waals surface area contributed by atoms with Crippen LogP contribution in [-0.4, -0.2) is 80.1 Å². The molecule has 1 aromatic heterocycles. The molecular formula is C22H35FN6. The zero-order chi connectivity index (χ0) is 20.5. The number of guanidine groups is 1. The van der Waals surface area contributed by atoms with E-state index in [0.29, 0.717) is 0 Å². The molecule has 0 amide bonds. The minimum absolute atomic E-state index is 0.198. The molecule has 2 aromatic rings. The van der Waals surface area contributed by atoms with E-state index in [4.69, 9.17) is 0 Å². The molecule has 0 bridgehead atoms. The molecule has 160 valence electrons. The number of hydrogen-bond acceptors (Lipinski definition) is 3. The Labute approximate surface area is 173 Å². The van der Waals surface area contributed by atoms with E-state index < -0.39 is 0 Å². The Morgan fingerprint density at radius 2 is 1.86 bits per heavy atom. The van der Waals surface area contributed by atoms with Gasteiger partial charge in [0.15, 0.2) is 5.96 Å². The third-order valence-electron chi connectivity index (χ3n) is 5.75. The van der Waals surface area contributed by atoms with Gasteiger partial charge in [0.05, 0.1) is 0 Å². The van der Waals surface area contributed by atoms with Crippen LogP contribution in [0.25, 0.3) is 10.9 Å². The van der Waals surface area contributed by atoms with E-state index in [0.717, 1.165) is 48.4 Å². The van der Waals surface area contributed by atoms with Gasteiger partial charge in [-0.25, -0.2) is 4.39 Å². The molecule has 0 saturated carbocycles. The smallest absolute Gasteiger partial charge is 0.190 e. The molecule has 7 heteroatoms. The molecule has 1 aliphatic heterocycles. The number of aliphatic imine (C=N–C) groups is 1. The Morgan fingerprint density at radius 1 is 1.10 bits per heavy atom. The quantitative estimate of drug-likeness (QED) is 0.343. The van der Waals surface area contributed by atoms with Crippen LogP contribution >= 0.6 is 0 Å². The Hall–Kier alpha value is -2.12. The second kappa shape index (κ2) is 11.2. The summed E-state index contributed by atoms with van der Waals surface area (Å²) >= 11 is 0. The van der Waals surface area contributed by atoms with Gasteiger partial charge in [0.2, 0.25) is 0 Å². The van der Waals surface area contributed by atoms with Crippen LogP contribution in [0.5, 0.6) is 0 Å². The predicted octanol–water partition coefficient (Wildman–Crippen LogP) is 2.43. The van der Waals surface area contributed by atoms with Crippen LogP contribution < -0.4 is 10.6 Å². The molecule has 0 unspecified atom stereocenters. The van der Waals surface area contributed by atoms with Crippen LogP contribution in [-0.2, 0) is 6.42 Å². The topological polar surface area (TPSA) is 58.7 Å². The predicted molar refractivity (Wildman–Crippen MR) is 119 cm³/mol. The van der Waals surface area contributed by atoms with Crippen molar-refractivity contribution in [2.45, 2.75) is 26.2 Å². The molecule has 0 spiro atoms. The monoisotopic (exact) mass is 402 g/mol. The van der Waals surface area contributed by atoms with E-state index >= 15 is 0 Å². The zero-order valence-electron chi connectivity index (χ0n) is 17.8. The molecule has 2 heterocycles. The van der Waals surface area contributed by atoms with E-state index in [1.807, 2.05) is 6.20 Å². The van der Waals surface area contributed by atoms with Crippen molar-refractivity contribution in [3.05, 3.63) is 35.8 Å². The molecule has 0 radical (unpaired) electrons. The lowest BCUT2D eigenvalue weighted by molar-refractivity contribution is 0.136. The lowest BCUT2D eigenvalue weighted by atomic mass is 10.1. The molecule has 1 saturated heterocycles. The number of rotatable bonds is 9. The molecule has 3 N–H and O–H groups in total. The lowest BCUT2D eigenvalue weighted by Gasteiger charge is -2.34. The van der Waals surface area contributed by atoms with Gasteiger partial charge < -0.3 is 25.4 Å². The van der Waals surface area contributed by atoms with Crippen LogP contribution in [0.15, 0.2) is 29.4 Å². The molecule has 0 atom stereocenters. The minimum Gasteiger partial charge on any atom is -0.361 e. The second-order valence-corrected chi connectivity index (χ2v) is 7.66. The number of nitrogens with one attached hydrogen (secondary N) is 3. The molecule has 0 aliphatic carbocycles. The van der Waals surface area contributed by atoms with E-state index in [1.165, 1.54) is 51.8 Å². The first-order chi connectivity index (χ1) is 14.2. The van der Waals surface area contributed by atoms with Crippen molar-refractivity contribution in [1.82, 2.24) is 25.4 Å². The normalized spacial score (nSPS) is 16.4. The minimum atomic E-state index is -0.198. The summed E-state index contributed by atoms with van der Waals surface area (Å²) in [5.74, 6) is 0.628. The Kier molecular flexibility index (Phi) is 8.31. The maximum atomic E-state index is 13.5. The first-order valence-corrected chi connectivity index (χ1v) is 10.8. The molecule has 1 fully saturated rings. The number of aromatic amines is 1. The third-order valence-corrected chi connectivity index (χ3v) is 5.75. The van der Waals surface area contributed by atoms with Crippen molar-refractivity contribution in [1.29, 1.82) is 0 Å². The summed E-state index contributed by atoms with van der Waals surface area (Å²) in [7, 11) is 1.80. The number of aromatic nitrogens is 1. The van der Waals surface area contributed by atoms with Crippen molar-refractivity contribution in [3.8, 4) is 0 Å². The number of unbranched alkanes of at least 4 members (excludes halogenated alkanes) is 1. The van der Waals surface area contributed by atoms with E-state index in [2.05, 4.69) is 37.3 Å². The maximum Gasteiger partial charge on any atom is 0.190 e. The van der Waals surface area contributed by atoms with Gasteiger partial charge in [-0.2, -0.15) is 0 Å². The highest BCUT2D eigenvalue weighted by Crippen LogP contribution is 2.19. The fourth-order valence-corrected chi connectivity index (χ4v) is 3.89. The fraction of sp³-hybridized carbons (Fsp3) is 0.591. The highest BCUT2D eigenvalue weighted by atomic mass is 19.1. The average molecular weight is 403 g/mol. The summed E-state index contributed by atoms with van der Waals surface area (Å²) in [6, 6.07) is 4.86. The number of H-pyrrole nitrogens is 1. The SMILES string of the molecule is CCN1CCN(CCCCNC(=NC)NCCc2c[nH]c3ccc(F)cc23)CC1. The summed E-state index contributed by atoms with van der Waals surface area (Å²) in [5, 5.41) is 7.70. The first-order valence-electron chi connectivity index (χ1n) is 10.8. The number of halogens is 1. The number of hydrogen-bond donors (Lipinski definition) is 3. The highest BCUT2D eigenvalue weighted by Gasteiger charge is 2.14. The van der Waals surface area contributed by atoms with Crippen LogP contribution in [0.1, 0.15) is 25.3 Å². The number of benzene rings is 1. The molecular weight excluding hydrogens is 367 g/mol. The third kappa shape index (κ3) is 6.44. The van der Waals surface area contributed by atoms with Gasteiger partial charge in [0.25, 0.3) is 0 Å². The van der Waals surface area contributed by atoms with Crippen molar-refractivity contribution >= 4 is 16.9 Å². The molecule has 6 nitrogen and oxygen atoms in total. The number of fused-ring (bicyclic) bond motifs is 1. The number of piperazine rings is 1. The van der Waals surface area contributed by atoms with Gasteiger partial charge in [0.1, 0.15) is 5.82 Å². The van der Waals surface area contributed by atoms with Gasteiger partial charge in [-0.05, 0) is 56.1 Å². The van der Waals surface area contributed by atoms with E-state index in [9.17, 15) is 4.39 Å². The standard InChI is InChI=1S/C22H35FN6/c1-3-28-12-14-29(15-13-28)11-5-4-9-25-22(24-2)26-10-8-18-17-27-21-7-6-19(23)16-20(18)21/h6-7,16-17,27H,3-5,8-15H2,1-2H3,(H2,24,25,26). The summed E-state index contributed by atoms with van der Waals surface area (Å²) in [6.07, 6.45) is 5.11. The van der Waals surface area contributed by atoms with E-state index in [1.54, 1.807) is 19.2 Å². The lowest BCUT2D eigenvalue weighted by Crippen LogP contribution is -2.46. The van der Waals surface area contributed by atoms with Gasteiger partial charge in [-0.3, -0.25) is 4.99 Å². The highest BCUT2D eigenvalue weighted by molar-refractivity contribution is 5.83. The van der Waals surface area contributed by atoms with Crippen LogP contribution in [0, 0.1) is 5.82 Å². The molecule has 3 rings (SSSR count). The largest absolute Gasteiger partial charge is 0.361 e. The Morgan fingerprint density at radius 3 is 2.62 bits per heavy atom. The molecule has 29 heavy (non-hydrogen) atoms. The van der Waals surface area contributed by atoms with E-state index in [-0.39, 0.29) is 5.82 Å². The van der Waals surface area contributed by atoms with Crippen molar-refractivity contribution in [2.75, 3.05) is 59.4 Å². The Balaban J connectivity index is 1.30. The van der Waals surface area contributed by atoms with Crippen molar-refractivity contribution < 1.29 is 4.39 Å². The van der Waals surface area contributed by atoms with Gasteiger partial charge >= 0.3 is 0 Å². The molecule has 1 aliphatic rings. The number of likely N-dealkylation sites (N-methyl/N-ethyl adjacent to an activating group) is 1. The summed E-state index contributed by atoms with van der Waals surface area (Å²) in [6.45, 7) is 11.1. The zero-order valence-corrected chi connectivity index (χ0v) is 17.8. The maximum absolute atomic E-state index is 13.5.